The van der Waals surface area contributed by atoms with Crippen molar-refractivity contribution in [3.8, 4) is 0 Å². The standard InChI is InChI=1S/C24H31N2O2S/c27-29(28,21-8-2-1-3-9-21)24-22-18-20(25-14-4-5-15-25)12-10-19(22)11-13-23(24)26-16-6-7-17-26/h1-3,8-9,18-19H,4-7,10-17H2/q+1. The molecule has 4 nitrogen and oxygen atoms in total. The third-order valence-corrected chi connectivity index (χ3v) is 8.99. The molecule has 1 atom stereocenters. The van der Waals surface area contributed by atoms with E-state index in [1.54, 1.807) is 12.1 Å². The molecule has 29 heavy (non-hydrogen) atoms. The van der Waals surface area contributed by atoms with E-state index in [4.69, 9.17) is 0 Å². The molecule has 2 fully saturated rings. The number of rotatable bonds is 3. The minimum absolute atomic E-state index is 0.376. The lowest BCUT2D eigenvalue weighted by atomic mass is 9.79. The molecule has 1 unspecified atom stereocenters. The number of sulfone groups is 1. The second-order valence-electron chi connectivity index (χ2n) is 8.85. The summed E-state index contributed by atoms with van der Waals surface area (Å²) in [6.07, 6.45) is 11.2. The maximum atomic E-state index is 13.9. The van der Waals surface area contributed by atoms with Crippen LogP contribution in [0.1, 0.15) is 51.4 Å². The zero-order valence-electron chi connectivity index (χ0n) is 17.1. The Balaban J connectivity index is 1.71. The van der Waals surface area contributed by atoms with Crippen LogP contribution in [0.2, 0.25) is 0 Å². The fraction of sp³-hybridized carbons (Fsp3) is 0.542. The molecule has 2 aliphatic heterocycles. The lowest BCUT2D eigenvalue weighted by molar-refractivity contribution is -0.506. The molecule has 0 saturated carbocycles. The zero-order valence-corrected chi connectivity index (χ0v) is 18.0. The maximum Gasteiger partial charge on any atom is 0.213 e. The van der Waals surface area contributed by atoms with E-state index in [9.17, 15) is 8.42 Å². The van der Waals surface area contributed by atoms with Crippen LogP contribution in [0.25, 0.3) is 0 Å². The number of nitrogens with zero attached hydrogens (tertiary/aromatic N) is 2. The molecule has 0 aromatic heterocycles. The highest BCUT2D eigenvalue weighted by molar-refractivity contribution is 7.96. The minimum atomic E-state index is -3.53. The summed E-state index contributed by atoms with van der Waals surface area (Å²) in [6, 6.07) is 9.06. The van der Waals surface area contributed by atoms with Crippen LogP contribution < -0.4 is 0 Å². The van der Waals surface area contributed by atoms with Gasteiger partial charge in [0.05, 0.1) is 4.90 Å². The first-order valence-corrected chi connectivity index (χ1v) is 12.7. The van der Waals surface area contributed by atoms with Crippen LogP contribution in [0.15, 0.2) is 57.5 Å². The number of fused-ring (bicyclic) bond motifs is 1. The van der Waals surface area contributed by atoms with E-state index in [2.05, 4.69) is 15.6 Å². The predicted molar refractivity (Wildman–Crippen MR) is 116 cm³/mol. The van der Waals surface area contributed by atoms with Crippen molar-refractivity contribution in [2.75, 3.05) is 26.2 Å². The summed E-state index contributed by atoms with van der Waals surface area (Å²) in [5, 5.41) is 0. The molecule has 0 spiro atoms. The topological polar surface area (TPSA) is 40.4 Å². The molecule has 2 heterocycles. The molecular weight excluding hydrogens is 380 g/mol. The first-order valence-electron chi connectivity index (χ1n) is 11.3. The smallest absolute Gasteiger partial charge is 0.213 e. The lowest BCUT2D eigenvalue weighted by Gasteiger charge is -2.34. The summed E-state index contributed by atoms with van der Waals surface area (Å²) in [5.74, 6) is 0.376. The molecule has 4 aliphatic rings. The van der Waals surface area contributed by atoms with Crippen LogP contribution in [-0.2, 0) is 9.84 Å². The van der Waals surface area contributed by atoms with Crippen molar-refractivity contribution in [3.63, 3.8) is 0 Å². The molecule has 0 bridgehead atoms. The van der Waals surface area contributed by atoms with Crippen molar-refractivity contribution in [2.24, 2.45) is 5.92 Å². The first-order chi connectivity index (χ1) is 14.1. The van der Waals surface area contributed by atoms with Gasteiger partial charge in [-0.05, 0) is 61.8 Å². The first kappa shape index (κ1) is 19.1. The van der Waals surface area contributed by atoms with Crippen LogP contribution in [0.5, 0.6) is 0 Å². The van der Waals surface area contributed by atoms with Crippen LogP contribution in [0.4, 0.5) is 0 Å². The second kappa shape index (κ2) is 7.75. The van der Waals surface area contributed by atoms with Gasteiger partial charge in [-0.2, -0.15) is 0 Å². The fourth-order valence-electron chi connectivity index (χ4n) is 5.56. The van der Waals surface area contributed by atoms with E-state index >= 15 is 0 Å². The quantitative estimate of drug-likeness (QED) is 0.702. The van der Waals surface area contributed by atoms with Crippen molar-refractivity contribution >= 4 is 15.5 Å². The third kappa shape index (κ3) is 3.48. The summed E-state index contributed by atoms with van der Waals surface area (Å²) in [6.45, 7) is 4.22. The van der Waals surface area contributed by atoms with Crippen LogP contribution in [0.3, 0.4) is 0 Å². The Hall–Kier alpha value is -1.88. The van der Waals surface area contributed by atoms with E-state index in [-0.39, 0.29) is 0 Å². The van der Waals surface area contributed by atoms with Crippen molar-refractivity contribution in [1.82, 2.24) is 4.90 Å². The van der Waals surface area contributed by atoms with Crippen LogP contribution in [0, 0.1) is 5.92 Å². The summed E-state index contributed by atoms with van der Waals surface area (Å²) in [7, 11) is -3.53. The molecular formula is C24H31N2O2S+. The molecule has 1 aromatic carbocycles. The Bertz CT molecular complexity index is 975. The molecule has 0 amide bonds. The monoisotopic (exact) mass is 411 g/mol. The van der Waals surface area contributed by atoms with Gasteiger partial charge < -0.3 is 4.90 Å². The summed E-state index contributed by atoms with van der Waals surface area (Å²) in [5.41, 5.74) is 3.53. The van der Waals surface area contributed by atoms with Gasteiger partial charge in [0.1, 0.15) is 18.0 Å². The van der Waals surface area contributed by atoms with Crippen molar-refractivity contribution < 1.29 is 13.0 Å². The van der Waals surface area contributed by atoms with Crippen LogP contribution >= 0.6 is 0 Å². The summed E-state index contributed by atoms with van der Waals surface area (Å²) < 4.78 is 30.1. The lowest BCUT2D eigenvalue weighted by Crippen LogP contribution is -2.33. The molecule has 2 aliphatic carbocycles. The van der Waals surface area contributed by atoms with Gasteiger partial charge in [-0.15, -0.1) is 0 Å². The minimum Gasteiger partial charge on any atom is -0.375 e. The largest absolute Gasteiger partial charge is 0.375 e. The molecule has 5 rings (SSSR count). The highest BCUT2D eigenvalue weighted by Gasteiger charge is 2.41. The van der Waals surface area contributed by atoms with Gasteiger partial charge in [-0.25, -0.2) is 13.0 Å². The Morgan fingerprint density at radius 2 is 1.59 bits per heavy atom. The Kier molecular flexibility index (Phi) is 5.10. The number of likely N-dealkylation sites (tertiary alicyclic amines) is 1. The maximum absolute atomic E-state index is 13.9. The van der Waals surface area contributed by atoms with E-state index in [1.165, 1.54) is 18.5 Å². The molecule has 0 radical (unpaired) electrons. The van der Waals surface area contributed by atoms with E-state index in [0.717, 1.165) is 76.0 Å². The van der Waals surface area contributed by atoms with Gasteiger partial charge in [-0.3, -0.25) is 0 Å². The van der Waals surface area contributed by atoms with Crippen molar-refractivity contribution in [1.29, 1.82) is 0 Å². The number of allylic oxidation sites excluding steroid dienone is 4. The number of hydrogen-bond donors (Lipinski definition) is 0. The van der Waals surface area contributed by atoms with E-state index < -0.39 is 9.84 Å². The highest BCUT2D eigenvalue weighted by atomic mass is 32.2. The van der Waals surface area contributed by atoms with Crippen molar-refractivity contribution in [2.45, 2.75) is 56.3 Å². The second-order valence-corrected chi connectivity index (χ2v) is 10.7. The van der Waals surface area contributed by atoms with E-state index in [0.29, 0.717) is 15.7 Å². The third-order valence-electron chi connectivity index (χ3n) is 7.09. The van der Waals surface area contributed by atoms with Gasteiger partial charge in [0, 0.05) is 38.0 Å². The normalized spacial score (nSPS) is 25.4. The van der Waals surface area contributed by atoms with Gasteiger partial charge >= 0.3 is 0 Å². The Labute approximate surface area is 174 Å². The highest BCUT2D eigenvalue weighted by Crippen LogP contribution is 2.42. The zero-order chi connectivity index (χ0) is 19.8. The van der Waals surface area contributed by atoms with Crippen molar-refractivity contribution in [3.05, 3.63) is 52.6 Å². The summed E-state index contributed by atoms with van der Waals surface area (Å²) >= 11 is 0. The molecule has 1 aromatic rings. The van der Waals surface area contributed by atoms with Crippen LogP contribution in [-0.4, -0.2) is 49.8 Å². The van der Waals surface area contributed by atoms with Gasteiger partial charge in [0.2, 0.25) is 9.84 Å². The number of benzene rings is 1. The molecule has 2 saturated heterocycles. The van der Waals surface area contributed by atoms with Gasteiger partial charge in [-0.1, -0.05) is 18.2 Å². The summed E-state index contributed by atoms with van der Waals surface area (Å²) in [4.78, 5) is 3.56. The predicted octanol–water partition coefficient (Wildman–Crippen LogP) is 4.15. The molecule has 154 valence electrons. The molecule has 0 N–H and O–H groups in total. The average molecular weight is 412 g/mol. The molecule has 5 heteroatoms. The Morgan fingerprint density at radius 1 is 0.897 bits per heavy atom. The number of hydrogen-bond acceptors (Lipinski definition) is 3. The fourth-order valence-corrected chi connectivity index (χ4v) is 7.39. The average Bonchev–Trinajstić information content (AvgIpc) is 3.47. The Morgan fingerprint density at radius 3 is 2.31 bits per heavy atom. The van der Waals surface area contributed by atoms with Gasteiger partial charge in [0.15, 0.2) is 5.71 Å². The van der Waals surface area contributed by atoms with E-state index in [1.807, 2.05) is 18.2 Å². The SMILES string of the molecule is O=S(=O)(C1=C2C=C(N3CCCC3)CCC2CCC1=[N+]1CCCC1)c1ccccc1. The van der Waals surface area contributed by atoms with Gasteiger partial charge in [0.25, 0.3) is 0 Å².